The number of hydrogen-bond acceptors (Lipinski definition) is 1. The molecule has 5 rings (SSSR count). The highest BCUT2D eigenvalue weighted by molar-refractivity contribution is 9.10. The third-order valence-corrected chi connectivity index (χ3v) is 5.33. The van der Waals surface area contributed by atoms with E-state index in [1.54, 1.807) is 0 Å². The molecule has 4 aromatic rings. The van der Waals surface area contributed by atoms with E-state index in [1.165, 1.54) is 28.9 Å². The van der Waals surface area contributed by atoms with Gasteiger partial charge >= 0.3 is 0 Å². The molecule has 2 aromatic carbocycles. The number of aromatic nitrogens is 3. The third kappa shape index (κ3) is 2.35. The van der Waals surface area contributed by atoms with Gasteiger partial charge in [0.05, 0.1) is 11.4 Å². The molecular weight excluding hydrogens is 393 g/mol. The SMILES string of the molecule is Cc1cc(Br)cc2c1-n1ccnc1-c1cc(-c3ccc(F)cc3)cn1C2. The van der Waals surface area contributed by atoms with Crippen LogP contribution in [0.3, 0.4) is 0 Å². The minimum Gasteiger partial charge on any atom is -0.340 e. The largest absolute Gasteiger partial charge is 0.340 e. The quantitative estimate of drug-likeness (QED) is 0.355. The summed E-state index contributed by atoms with van der Waals surface area (Å²) in [7, 11) is 0. The number of hydrogen-bond donors (Lipinski definition) is 0. The number of aryl methyl sites for hydroxylation is 1. The second-order valence-electron chi connectivity index (χ2n) is 6.60. The molecule has 1 aliphatic rings. The standard InChI is InChI=1S/C21H15BrFN3/c1-13-8-17(22)9-16-12-25-11-15(14-2-4-18(23)5-3-14)10-19(25)21-24-6-7-26(21)20(13)16/h2-11H,12H2,1H3. The fourth-order valence-electron chi connectivity index (χ4n) is 3.76. The zero-order chi connectivity index (χ0) is 17.8. The van der Waals surface area contributed by atoms with Crippen LogP contribution in [0.15, 0.2) is 65.5 Å². The van der Waals surface area contributed by atoms with Crippen molar-refractivity contribution in [1.82, 2.24) is 14.1 Å². The molecule has 0 atom stereocenters. The predicted octanol–water partition coefficient (Wildman–Crippen LogP) is 5.58. The van der Waals surface area contributed by atoms with Gasteiger partial charge in [-0.3, -0.25) is 4.57 Å². The van der Waals surface area contributed by atoms with Crippen LogP contribution in [0.5, 0.6) is 0 Å². The smallest absolute Gasteiger partial charge is 0.161 e. The molecule has 128 valence electrons. The zero-order valence-electron chi connectivity index (χ0n) is 14.1. The van der Waals surface area contributed by atoms with E-state index in [9.17, 15) is 4.39 Å². The van der Waals surface area contributed by atoms with Crippen molar-refractivity contribution < 1.29 is 4.39 Å². The lowest BCUT2D eigenvalue weighted by atomic mass is 10.1. The van der Waals surface area contributed by atoms with Gasteiger partial charge in [-0.15, -0.1) is 0 Å². The summed E-state index contributed by atoms with van der Waals surface area (Å²) in [6, 6.07) is 13.0. The van der Waals surface area contributed by atoms with Crippen LogP contribution in [0.2, 0.25) is 0 Å². The van der Waals surface area contributed by atoms with Crippen molar-refractivity contribution in [3.63, 3.8) is 0 Å². The van der Waals surface area contributed by atoms with E-state index in [0.29, 0.717) is 0 Å². The Bertz CT molecular complexity index is 1140. The van der Waals surface area contributed by atoms with Gasteiger partial charge in [-0.05, 0) is 53.9 Å². The number of nitrogens with zero attached hydrogens (tertiary/aromatic N) is 3. The van der Waals surface area contributed by atoms with Crippen molar-refractivity contribution in [2.24, 2.45) is 0 Å². The Labute approximate surface area is 158 Å². The summed E-state index contributed by atoms with van der Waals surface area (Å²) in [5.74, 6) is 0.696. The molecule has 0 saturated heterocycles. The van der Waals surface area contributed by atoms with Gasteiger partial charge in [0.1, 0.15) is 5.82 Å². The van der Waals surface area contributed by atoms with E-state index >= 15 is 0 Å². The van der Waals surface area contributed by atoms with Gasteiger partial charge in [-0.25, -0.2) is 9.37 Å². The molecule has 0 fully saturated rings. The fourth-order valence-corrected chi connectivity index (χ4v) is 4.38. The highest BCUT2D eigenvalue weighted by Crippen LogP contribution is 2.36. The lowest BCUT2D eigenvalue weighted by Crippen LogP contribution is -2.02. The number of imidazole rings is 1. The average Bonchev–Trinajstić information content (AvgIpc) is 3.20. The fraction of sp³-hybridized carbons (Fsp3) is 0.0952. The molecule has 1 aliphatic heterocycles. The average molecular weight is 408 g/mol. The van der Waals surface area contributed by atoms with Crippen LogP contribution in [0.1, 0.15) is 11.1 Å². The van der Waals surface area contributed by atoms with E-state index in [-0.39, 0.29) is 5.82 Å². The van der Waals surface area contributed by atoms with Crippen LogP contribution in [0, 0.1) is 12.7 Å². The van der Waals surface area contributed by atoms with Crippen molar-refractivity contribution in [3.8, 4) is 28.3 Å². The minimum atomic E-state index is -0.223. The topological polar surface area (TPSA) is 22.8 Å². The molecule has 0 spiro atoms. The summed E-state index contributed by atoms with van der Waals surface area (Å²) in [5.41, 5.74) is 6.74. The molecule has 3 heterocycles. The molecule has 3 nitrogen and oxygen atoms in total. The van der Waals surface area contributed by atoms with E-state index in [4.69, 9.17) is 0 Å². The van der Waals surface area contributed by atoms with Crippen LogP contribution in [0.25, 0.3) is 28.3 Å². The summed E-state index contributed by atoms with van der Waals surface area (Å²) in [6.45, 7) is 2.88. The Morgan fingerprint density at radius 2 is 1.88 bits per heavy atom. The van der Waals surface area contributed by atoms with Gasteiger partial charge in [-0.1, -0.05) is 28.1 Å². The van der Waals surface area contributed by atoms with E-state index in [1.807, 2.05) is 24.5 Å². The van der Waals surface area contributed by atoms with Crippen LogP contribution in [-0.4, -0.2) is 14.1 Å². The summed E-state index contributed by atoms with van der Waals surface area (Å²) in [6.07, 6.45) is 5.96. The number of benzene rings is 2. The number of halogens is 2. The van der Waals surface area contributed by atoms with Crippen LogP contribution in [0.4, 0.5) is 4.39 Å². The highest BCUT2D eigenvalue weighted by atomic mass is 79.9. The van der Waals surface area contributed by atoms with Crippen molar-refractivity contribution in [2.45, 2.75) is 13.5 Å². The van der Waals surface area contributed by atoms with E-state index in [0.717, 1.165) is 33.7 Å². The zero-order valence-corrected chi connectivity index (χ0v) is 15.7. The van der Waals surface area contributed by atoms with E-state index < -0.39 is 0 Å². The molecule has 5 heteroatoms. The normalized spacial score (nSPS) is 12.3. The molecule has 0 bridgehead atoms. The van der Waals surface area contributed by atoms with Crippen LogP contribution in [-0.2, 0) is 6.54 Å². The maximum atomic E-state index is 13.3. The molecule has 0 amide bonds. The molecule has 26 heavy (non-hydrogen) atoms. The van der Waals surface area contributed by atoms with Gasteiger partial charge < -0.3 is 4.57 Å². The molecule has 0 unspecified atom stereocenters. The minimum absolute atomic E-state index is 0.223. The summed E-state index contributed by atoms with van der Waals surface area (Å²) < 4.78 is 18.7. The second-order valence-corrected chi connectivity index (χ2v) is 7.52. The Morgan fingerprint density at radius 1 is 1.08 bits per heavy atom. The van der Waals surface area contributed by atoms with Gasteiger partial charge in [0.25, 0.3) is 0 Å². The summed E-state index contributed by atoms with van der Waals surface area (Å²) >= 11 is 3.62. The maximum Gasteiger partial charge on any atom is 0.161 e. The Balaban J connectivity index is 1.73. The maximum absolute atomic E-state index is 13.3. The van der Waals surface area contributed by atoms with Crippen molar-refractivity contribution in [3.05, 3.63) is 82.5 Å². The van der Waals surface area contributed by atoms with Crippen molar-refractivity contribution in [2.75, 3.05) is 0 Å². The van der Waals surface area contributed by atoms with Gasteiger partial charge in [0, 0.05) is 35.2 Å². The van der Waals surface area contributed by atoms with Crippen molar-refractivity contribution >= 4 is 15.9 Å². The Morgan fingerprint density at radius 3 is 2.69 bits per heavy atom. The predicted molar refractivity (Wildman–Crippen MR) is 104 cm³/mol. The lowest BCUT2D eigenvalue weighted by Gasteiger charge is -2.13. The number of rotatable bonds is 1. The van der Waals surface area contributed by atoms with Crippen LogP contribution < -0.4 is 0 Å². The van der Waals surface area contributed by atoms with Crippen molar-refractivity contribution in [1.29, 1.82) is 0 Å². The molecule has 0 radical (unpaired) electrons. The molecular formula is C21H15BrFN3. The lowest BCUT2D eigenvalue weighted by molar-refractivity contribution is 0.628. The second kappa shape index (κ2) is 5.68. The van der Waals surface area contributed by atoms with Gasteiger partial charge in [-0.2, -0.15) is 0 Å². The third-order valence-electron chi connectivity index (χ3n) is 4.87. The molecule has 2 aromatic heterocycles. The first kappa shape index (κ1) is 15.6. The Hall–Kier alpha value is -2.66. The van der Waals surface area contributed by atoms with Gasteiger partial charge in [0.2, 0.25) is 0 Å². The van der Waals surface area contributed by atoms with E-state index in [2.05, 4.69) is 61.4 Å². The monoisotopic (exact) mass is 407 g/mol. The first-order valence-corrected chi connectivity index (χ1v) is 9.19. The summed E-state index contributed by atoms with van der Waals surface area (Å²) in [4.78, 5) is 4.61. The molecule has 0 N–H and O–H groups in total. The Kier molecular flexibility index (Phi) is 3.40. The van der Waals surface area contributed by atoms with Crippen LogP contribution >= 0.6 is 15.9 Å². The number of fused-ring (bicyclic) bond motifs is 5. The summed E-state index contributed by atoms with van der Waals surface area (Å²) in [5, 5.41) is 0. The molecule has 0 aliphatic carbocycles. The first-order chi connectivity index (χ1) is 12.6. The molecule has 0 saturated carbocycles. The highest BCUT2D eigenvalue weighted by Gasteiger charge is 2.22. The first-order valence-electron chi connectivity index (χ1n) is 8.39. The van der Waals surface area contributed by atoms with Gasteiger partial charge in [0.15, 0.2) is 5.82 Å².